The van der Waals surface area contributed by atoms with Gasteiger partial charge in [-0.3, -0.25) is 0 Å². The number of nitrogens with two attached hydrogens (primary N) is 1. The highest BCUT2D eigenvalue weighted by atomic mass is 16.5. The molecular weight excluding hydrogens is 258 g/mol. The molecule has 1 aromatic rings. The monoisotopic (exact) mass is 281 g/mol. The van der Waals surface area contributed by atoms with Gasteiger partial charge in [0.05, 0.1) is 33.0 Å². The molecule has 0 spiro atoms. The van der Waals surface area contributed by atoms with Gasteiger partial charge in [0, 0.05) is 24.8 Å². The van der Waals surface area contributed by atoms with Gasteiger partial charge in [-0.15, -0.1) is 0 Å². The summed E-state index contributed by atoms with van der Waals surface area (Å²) >= 11 is 0. The van der Waals surface area contributed by atoms with Crippen molar-refractivity contribution in [2.75, 3.05) is 27.9 Å². The van der Waals surface area contributed by atoms with Crippen LogP contribution in [0.5, 0.6) is 17.2 Å². The van der Waals surface area contributed by atoms with E-state index in [0.29, 0.717) is 17.2 Å². The highest BCUT2D eigenvalue weighted by molar-refractivity contribution is 5.52. The zero-order valence-electron chi connectivity index (χ0n) is 12.3. The zero-order valence-corrected chi connectivity index (χ0v) is 12.3. The van der Waals surface area contributed by atoms with Crippen molar-refractivity contribution in [1.82, 2.24) is 0 Å². The molecule has 0 saturated carbocycles. The molecule has 0 radical (unpaired) electrons. The van der Waals surface area contributed by atoms with E-state index in [0.717, 1.165) is 31.4 Å². The Hall–Kier alpha value is -1.46. The fourth-order valence-electron chi connectivity index (χ4n) is 2.63. The van der Waals surface area contributed by atoms with E-state index in [2.05, 4.69) is 0 Å². The van der Waals surface area contributed by atoms with Gasteiger partial charge in [0.1, 0.15) is 17.2 Å². The molecule has 2 atom stereocenters. The zero-order chi connectivity index (χ0) is 14.5. The first-order chi connectivity index (χ1) is 9.69. The molecule has 0 aliphatic carbocycles. The van der Waals surface area contributed by atoms with Crippen molar-refractivity contribution in [2.45, 2.75) is 31.4 Å². The molecule has 2 N–H and O–H groups in total. The Morgan fingerprint density at radius 3 is 2.30 bits per heavy atom. The molecule has 0 bridgehead atoms. The van der Waals surface area contributed by atoms with Crippen LogP contribution in [-0.4, -0.2) is 34.0 Å². The van der Waals surface area contributed by atoms with Crippen LogP contribution in [0.25, 0.3) is 0 Å². The maximum Gasteiger partial charge on any atom is 0.131 e. The number of hydrogen-bond donors (Lipinski definition) is 1. The average molecular weight is 281 g/mol. The maximum atomic E-state index is 6.34. The van der Waals surface area contributed by atoms with Crippen LogP contribution in [0.1, 0.15) is 30.9 Å². The Morgan fingerprint density at radius 2 is 1.85 bits per heavy atom. The van der Waals surface area contributed by atoms with E-state index < -0.39 is 0 Å². The standard InChI is InChI=1S/C15H23NO4/c1-17-11-8-13(18-2)15(14(9-11)19-3)12(16)7-10-5-4-6-20-10/h8-10,12H,4-7,16H2,1-3H3. The molecule has 1 aliphatic heterocycles. The topological polar surface area (TPSA) is 62.9 Å². The Balaban J connectivity index is 2.27. The molecule has 0 amide bonds. The van der Waals surface area contributed by atoms with Crippen LogP contribution in [0.15, 0.2) is 12.1 Å². The van der Waals surface area contributed by atoms with Crippen molar-refractivity contribution < 1.29 is 18.9 Å². The van der Waals surface area contributed by atoms with Gasteiger partial charge in [-0.25, -0.2) is 0 Å². The molecule has 1 heterocycles. The summed E-state index contributed by atoms with van der Waals surface area (Å²) in [5, 5.41) is 0. The maximum absolute atomic E-state index is 6.34. The van der Waals surface area contributed by atoms with E-state index in [4.69, 9.17) is 24.7 Å². The Labute approximate surface area is 120 Å². The lowest BCUT2D eigenvalue weighted by atomic mass is 9.98. The lowest BCUT2D eigenvalue weighted by Gasteiger charge is -2.22. The summed E-state index contributed by atoms with van der Waals surface area (Å²) in [6.07, 6.45) is 3.16. The van der Waals surface area contributed by atoms with E-state index in [1.165, 1.54) is 0 Å². The van der Waals surface area contributed by atoms with Crippen molar-refractivity contribution in [3.8, 4) is 17.2 Å². The van der Waals surface area contributed by atoms with Crippen molar-refractivity contribution in [3.05, 3.63) is 17.7 Å². The molecule has 0 aromatic heterocycles. The highest BCUT2D eigenvalue weighted by Gasteiger charge is 2.25. The van der Waals surface area contributed by atoms with Gasteiger partial charge in [-0.2, -0.15) is 0 Å². The molecule has 2 rings (SSSR count). The Kier molecular flexibility index (Phi) is 5.09. The van der Waals surface area contributed by atoms with Crippen LogP contribution in [0.4, 0.5) is 0 Å². The van der Waals surface area contributed by atoms with Crippen LogP contribution in [0.2, 0.25) is 0 Å². The van der Waals surface area contributed by atoms with Gasteiger partial charge < -0.3 is 24.7 Å². The van der Waals surface area contributed by atoms with E-state index in [1.807, 2.05) is 12.1 Å². The van der Waals surface area contributed by atoms with Gasteiger partial charge in [-0.05, 0) is 19.3 Å². The second-order valence-electron chi connectivity index (χ2n) is 4.92. The van der Waals surface area contributed by atoms with E-state index >= 15 is 0 Å². The minimum Gasteiger partial charge on any atom is -0.496 e. The fourth-order valence-corrected chi connectivity index (χ4v) is 2.63. The van der Waals surface area contributed by atoms with Crippen molar-refractivity contribution in [1.29, 1.82) is 0 Å². The quantitative estimate of drug-likeness (QED) is 0.866. The van der Waals surface area contributed by atoms with Crippen molar-refractivity contribution in [2.24, 2.45) is 5.73 Å². The van der Waals surface area contributed by atoms with Crippen LogP contribution in [0, 0.1) is 0 Å². The predicted octanol–water partition coefficient (Wildman–Crippen LogP) is 2.28. The summed E-state index contributed by atoms with van der Waals surface area (Å²) in [7, 11) is 4.85. The molecule has 1 aliphatic rings. The molecule has 1 fully saturated rings. The molecule has 5 heteroatoms. The van der Waals surface area contributed by atoms with Gasteiger partial charge >= 0.3 is 0 Å². The predicted molar refractivity (Wildman–Crippen MR) is 76.6 cm³/mol. The average Bonchev–Trinajstić information content (AvgIpc) is 2.98. The smallest absolute Gasteiger partial charge is 0.131 e. The lowest BCUT2D eigenvalue weighted by Crippen LogP contribution is -2.19. The number of rotatable bonds is 6. The third-order valence-corrected chi connectivity index (χ3v) is 3.66. The van der Waals surface area contributed by atoms with Gasteiger partial charge in [-0.1, -0.05) is 0 Å². The van der Waals surface area contributed by atoms with Crippen LogP contribution < -0.4 is 19.9 Å². The third kappa shape index (κ3) is 3.16. The van der Waals surface area contributed by atoms with Gasteiger partial charge in [0.2, 0.25) is 0 Å². The molecule has 2 unspecified atom stereocenters. The minimum atomic E-state index is -0.186. The molecule has 20 heavy (non-hydrogen) atoms. The third-order valence-electron chi connectivity index (χ3n) is 3.66. The lowest BCUT2D eigenvalue weighted by molar-refractivity contribution is 0.0978. The summed E-state index contributed by atoms with van der Waals surface area (Å²) in [6, 6.07) is 3.47. The second kappa shape index (κ2) is 6.81. The number of hydrogen-bond acceptors (Lipinski definition) is 5. The van der Waals surface area contributed by atoms with E-state index in [-0.39, 0.29) is 12.1 Å². The van der Waals surface area contributed by atoms with Crippen LogP contribution in [-0.2, 0) is 4.74 Å². The molecule has 1 aromatic carbocycles. The molecule has 5 nitrogen and oxygen atoms in total. The first-order valence-corrected chi connectivity index (χ1v) is 6.86. The van der Waals surface area contributed by atoms with Crippen molar-refractivity contribution in [3.63, 3.8) is 0 Å². The number of methoxy groups -OCH3 is 3. The second-order valence-corrected chi connectivity index (χ2v) is 4.92. The summed E-state index contributed by atoms with van der Waals surface area (Å²) in [4.78, 5) is 0. The Morgan fingerprint density at radius 1 is 1.20 bits per heavy atom. The summed E-state index contributed by atoms with van der Waals surface area (Å²) in [6.45, 7) is 0.828. The van der Waals surface area contributed by atoms with Crippen LogP contribution in [0.3, 0.4) is 0 Å². The summed E-state index contributed by atoms with van der Waals surface area (Å²) in [5.41, 5.74) is 7.21. The fraction of sp³-hybridized carbons (Fsp3) is 0.600. The largest absolute Gasteiger partial charge is 0.496 e. The molecular formula is C15H23NO4. The SMILES string of the molecule is COc1cc(OC)c(C(N)CC2CCCO2)c(OC)c1. The number of ether oxygens (including phenoxy) is 4. The highest BCUT2D eigenvalue weighted by Crippen LogP contribution is 2.39. The van der Waals surface area contributed by atoms with E-state index in [9.17, 15) is 0 Å². The molecule has 1 saturated heterocycles. The normalized spacial score (nSPS) is 19.7. The van der Waals surface area contributed by atoms with Crippen molar-refractivity contribution >= 4 is 0 Å². The summed E-state index contributed by atoms with van der Waals surface area (Å²) in [5.74, 6) is 2.06. The first-order valence-electron chi connectivity index (χ1n) is 6.86. The van der Waals surface area contributed by atoms with Gasteiger partial charge in [0.15, 0.2) is 0 Å². The van der Waals surface area contributed by atoms with E-state index in [1.54, 1.807) is 21.3 Å². The molecule has 112 valence electrons. The first kappa shape index (κ1) is 14.9. The van der Waals surface area contributed by atoms with Crippen LogP contribution >= 0.6 is 0 Å². The Bertz CT molecular complexity index is 418. The minimum absolute atomic E-state index is 0.186. The summed E-state index contributed by atoms with van der Waals surface area (Å²) < 4.78 is 21.8. The van der Waals surface area contributed by atoms with Gasteiger partial charge in [0.25, 0.3) is 0 Å². The number of benzene rings is 1.